The number of aromatic nitrogens is 3. The fourth-order valence-electron chi connectivity index (χ4n) is 5.55. The monoisotopic (exact) mass is 546 g/mol. The van der Waals surface area contributed by atoms with E-state index in [0.717, 1.165) is 98.7 Å². The van der Waals surface area contributed by atoms with E-state index in [4.69, 9.17) is 4.74 Å². The number of hydrogen-bond donors (Lipinski definition) is 2. The third-order valence-corrected chi connectivity index (χ3v) is 7.94. The van der Waals surface area contributed by atoms with Gasteiger partial charge < -0.3 is 20.3 Å². The lowest BCUT2D eigenvalue weighted by molar-refractivity contribution is 0.145. The molecule has 0 saturated carbocycles. The van der Waals surface area contributed by atoms with E-state index in [1.807, 2.05) is 24.4 Å². The summed E-state index contributed by atoms with van der Waals surface area (Å²) in [6.07, 6.45) is 7.89. The van der Waals surface area contributed by atoms with Crippen molar-refractivity contribution in [2.24, 2.45) is 5.92 Å². The number of aryl methyl sites for hydroxylation is 1. The quantitative estimate of drug-likeness (QED) is 0.175. The highest BCUT2D eigenvalue weighted by molar-refractivity contribution is 5.89. The molecular formula is C34H38N6O. The van der Waals surface area contributed by atoms with Crippen LogP contribution in [0.2, 0.25) is 0 Å². The zero-order valence-electron chi connectivity index (χ0n) is 23.5. The zero-order valence-corrected chi connectivity index (χ0v) is 23.5. The van der Waals surface area contributed by atoms with Crippen molar-refractivity contribution < 1.29 is 4.74 Å². The van der Waals surface area contributed by atoms with E-state index >= 15 is 0 Å². The van der Waals surface area contributed by atoms with Crippen molar-refractivity contribution >= 4 is 33.3 Å². The molecule has 0 unspecified atom stereocenters. The van der Waals surface area contributed by atoms with E-state index in [1.165, 1.54) is 10.9 Å². The summed E-state index contributed by atoms with van der Waals surface area (Å²) in [5.74, 6) is 2.34. The van der Waals surface area contributed by atoms with E-state index in [9.17, 15) is 0 Å². The SMILES string of the molecule is c1ccc(CCCNc2ncnc3cc(OCC4CCN(CCNc5ccc6ncccc6c5)CC4)ccc23)cc1. The van der Waals surface area contributed by atoms with Gasteiger partial charge in [0.2, 0.25) is 0 Å². The van der Waals surface area contributed by atoms with Crippen LogP contribution in [0.15, 0.2) is 91.4 Å². The standard InChI is InChI=1S/C34H38N6O/c1-2-6-26(7-3-1)8-4-17-37-34-31-12-11-30(23-33(31)38-25-39-34)41-24-27-14-19-40(20-15-27)21-18-35-29-10-13-32-28(22-29)9-5-16-36-32/h1-3,5-7,9-13,16,22-23,25,27,35H,4,8,14-15,17-21,24H2,(H,37,38,39). The zero-order chi connectivity index (χ0) is 27.7. The number of pyridine rings is 1. The van der Waals surface area contributed by atoms with Gasteiger partial charge in [-0.25, -0.2) is 9.97 Å². The van der Waals surface area contributed by atoms with Crippen molar-refractivity contribution in [3.05, 3.63) is 97.0 Å². The summed E-state index contributed by atoms with van der Waals surface area (Å²) >= 11 is 0. The molecule has 1 fully saturated rings. The Morgan fingerprint density at radius 1 is 0.805 bits per heavy atom. The molecule has 7 heteroatoms. The van der Waals surface area contributed by atoms with Crippen molar-refractivity contribution in [2.75, 3.05) is 50.0 Å². The number of fused-ring (bicyclic) bond motifs is 2. The molecule has 0 spiro atoms. The number of nitrogens with zero attached hydrogens (tertiary/aromatic N) is 4. The largest absolute Gasteiger partial charge is 0.493 e. The molecule has 7 nitrogen and oxygen atoms in total. The van der Waals surface area contributed by atoms with Gasteiger partial charge in [0.05, 0.1) is 17.6 Å². The second kappa shape index (κ2) is 13.4. The number of ether oxygens (including phenoxy) is 1. The van der Waals surface area contributed by atoms with Gasteiger partial charge in [0.15, 0.2) is 0 Å². The highest BCUT2D eigenvalue weighted by atomic mass is 16.5. The number of piperidine rings is 1. The second-order valence-corrected chi connectivity index (χ2v) is 10.9. The van der Waals surface area contributed by atoms with Crippen LogP contribution in [-0.2, 0) is 6.42 Å². The van der Waals surface area contributed by atoms with Gasteiger partial charge in [-0.05, 0) is 86.7 Å². The third kappa shape index (κ3) is 7.30. The molecule has 0 atom stereocenters. The van der Waals surface area contributed by atoms with Crippen LogP contribution in [-0.4, -0.2) is 59.2 Å². The molecule has 3 aromatic carbocycles. The predicted octanol–water partition coefficient (Wildman–Crippen LogP) is 6.43. The van der Waals surface area contributed by atoms with Crippen molar-refractivity contribution in [3.63, 3.8) is 0 Å². The van der Waals surface area contributed by atoms with Crippen LogP contribution in [0.25, 0.3) is 21.8 Å². The minimum Gasteiger partial charge on any atom is -0.493 e. The molecule has 3 heterocycles. The van der Waals surface area contributed by atoms with Gasteiger partial charge in [-0.1, -0.05) is 36.4 Å². The average molecular weight is 547 g/mol. The Morgan fingerprint density at radius 2 is 1.71 bits per heavy atom. The lowest BCUT2D eigenvalue weighted by Crippen LogP contribution is -2.38. The summed E-state index contributed by atoms with van der Waals surface area (Å²) in [4.78, 5) is 15.9. The molecular weight excluding hydrogens is 508 g/mol. The minimum atomic E-state index is 0.579. The van der Waals surface area contributed by atoms with Gasteiger partial charge in [-0.3, -0.25) is 4.98 Å². The van der Waals surface area contributed by atoms with Gasteiger partial charge >= 0.3 is 0 Å². The highest BCUT2D eigenvalue weighted by Crippen LogP contribution is 2.26. The van der Waals surface area contributed by atoms with E-state index in [1.54, 1.807) is 6.33 Å². The van der Waals surface area contributed by atoms with Gasteiger partial charge in [-0.15, -0.1) is 0 Å². The van der Waals surface area contributed by atoms with Gasteiger partial charge in [0.25, 0.3) is 0 Å². The first-order valence-electron chi connectivity index (χ1n) is 14.8. The maximum Gasteiger partial charge on any atom is 0.137 e. The van der Waals surface area contributed by atoms with Crippen LogP contribution in [0.5, 0.6) is 5.75 Å². The molecule has 41 heavy (non-hydrogen) atoms. The van der Waals surface area contributed by atoms with E-state index in [2.05, 4.69) is 91.1 Å². The van der Waals surface area contributed by atoms with Gasteiger partial charge in [-0.2, -0.15) is 0 Å². The maximum atomic E-state index is 6.23. The summed E-state index contributed by atoms with van der Waals surface area (Å²) in [5, 5.41) is 9.26. The first-order valence-corrected chi connectivity index (χ1v) is 14.8. The molecule has 5 aromatic rings. The predicted molar refractivity (Wildman–Crippen MR) is 168 cm³/mol. The Balaban J connectivity index is 0.921. The topological polar surface area (TPSA) is 75.2 Å². The van der Waals surface area contributed by atoms with Crippen LogP contribution in [0.1, 0.15) is 24.8 Å². The lowest BCUT2D eigenvalue weighted by Gasteiger charge is -2.31. The summed E-state index contributed by atoms with van der Waals surface area (Å²) in [7, 11) is 0. The fraction of sp³-hybridized carbons (Fsp3) is 0.324. The van der Waals surface area contributed by atoms with E-state index < -0.39 is 0 Å². The molecule has 0 amide bonds. The second-order valence-electron chi connectivity index (χ2n) is 10.9. The summed E-state index contributed by atoms with van der Waals surface area (Å²) < 4.78 is 6.23. The molecule has 1 aliphatic rings. The summed E-state index contributed by atoms with van der Waals surface area (Å²) in [6.45, 7) is 5.83. The van der Waals surface area contributed by atoms with Crippen molar-refractivity contribution in [2.45, 2.75) is 25.7 Å². The maximum absolute atomic E-state index is 6.23. The van der Waals surface area contributed by atoms with Crippen molar-refractivity contribution in [3.8, 4) is 5.75 Å². The lowest BCUT2D eigenvalue weighted by atomic mass is 9.98. The van der Waals surface area contributed by atoms with Crippen LogP contribution in [0.4, 0.5) is 11.5 Å². The van der Waals surface area contributed by atoms with Crippen molar-refractivity contribution in [1.82, 2.24) is 19.9 Å². The Labute approximate surface area is 242 Å². The van der Waals surface area contributed by atoms with Gasteiger partial charge in [0.1, 0.15) is 17.9 Å². The third-order valence-electron chi connectivity index (χ3n) is 7.94. The molecule has 2 N–H and O–H groups in total. The van der Waals surface area contributed by atoms with E-state index in [0.29, 0.717) is 5.92 Å². The summed E-state index contributed by atoms with van der Waals surface area (Å²) in [5.41, 5.74) is 4.46. The Bertz CT molecular complexity index is 1550. The Kier molecular flexibility index (Phi) is 8.82. The first kappa shape index (κ1) is 27.0. The van der Waals surface area contributed by atoms with Crippen LogP contribution in [0, 0.1) is 5.92 Å². The molecule has 210 valence electrons. The number of hydrogen-bond acceptors (Lipinski definition) is 7. The fourth-order valence-corrected chi connectivity index (χ4v) is 5.55. The number of likely N-dealkylation sites (tertiary alicyclic amines) is 1. The number of anilines is 2. The van der Waals surface area contributed by atoms with Crippen molar-refractivity contribution in [1.29, 1.82) is 0 Å². The first-order chi connectivity index (χ1) is 20.3. The molecule has 6 rings (SSSR count). The van der Waals surface area contributed by atoms with Crippen LogP contribution >= 0.6 is 0 Å². The molecule has 2 aromatic heterocycles. The summed E-state index contributed by atoms with van der Waals surface area (Å²) in [6, 6.07) is 27.2. The highest BCUT2D eigenvalue weighted by Gasteiger charge is 2.19. The average Bonchev–Trinajstić information content (AvgIpc) is 3.03. The number of nitrogens with one attached hydrogen (secondary N) is 2. The molecule has 0 aliphatic carbocycles. The molecule has 1 saturated heterocycles. The minimum absolute atomic E-state index is 0.579. The van der Waals surface area contributed by atoms with E-state index in [-0.39, 0.29) is 0 Å². The van der Waals surface area contributed by atoms with Crippen LogP contribution < -0.4 is 15.4 Å². The molecule has 1 aliphatic heterocycles. The number of benzene rings is 3. The molecule has 0 radical (unpaired) electrons. The molecule has 0 bridgehead atoms. The Morgan fingerprint density at radius 3 is 2.61 bits per heavy atom. The number of rotatable bonds is 12. The Hall–Kier alpha value is -4.23. The normalized spacial score (nSPS) is 14.3. The smallest absolute Gasteiger partial charge is 0.137 e. The van der Waals surface area contributed by atoms with Gasteiger partial charge in [0, 0.05) is 48.4 Å². The van der Waals surface area contributed by atoms with Crippen LogP contribution in [0.3, 0.4) is 0 Å².